The van der Waals surface area contributed by atoms with Crippen molar-refractivity contribution in [3.05, 3.63) is 72.1 Å². The molecule has 0 radical (unpaired) electrons. The summed E-state index contributed by atoms with van der Waals surface area (Å²) in [4.78, 5) is 4.78. The molecule has 3 nitrogen and oxygen atoms in total. The van der Waals surface area contributed by atoms with Crippen LogP contribution >= 0.6 is 0 Å². The first kappa shape index (κ1) is 13.5. The molecule has 0 unspecified atom stereocenters. The molecule has 4 rings (SSSR count). The van der Waals surface area contributed by atoms with Crippen LogP contribution in [0, 0.1) is 18.3 Å². The summed E-state index contributed by atoms with van der Waals surface area (Å²) in [6.07, 6.45) is 0.341. The van der Waals surface area contributed by atoms with Gasteiger partial charge in [-0.3, -0.25) is 4.40 Å². The van der Waals surface area contributed by atoms with Gasteiger partial charge in [0.25, 0.3) is 0 Å². The lowest BCUT2D eigenvalue weighted by Gasteiger charge is -2.05. The zero-order valence-corrected chi connectivity index (χ0v) is 12.8. The van der Waals surface area contributed by atoms with Crippen LogP contribution in [-0.2, 0) is 6.42 Å². The lowest BCUT2D eigenvalue weighted by molar-refractivity contribution is 1.00. The van der Waals surface area contributed by atoms with Crippen LogP contribution in [0.2, 0.25) is 0 Å². The molecule has 2 aromatic heterocycles. The van der Waals surface area contributed by atoms with E-state index in [1.807, 2.05) is 37.3 Å². The molecule has 3 heteroatoms. The number of nitrogens with zero attached hydrogens (tertiary/aromatic N) is 3. The summed E-state index contributed by atoms with van der Waals surface area (Å²) < 4.78 is 2.08. The van der Waals surface area contributed by atoms with Crippen LogP contribution in [0.1, 0.15) is 11.4 Å². The number of pyridine rings is 1. The van der Waals surface area contributed by atoms with Gasteiger partial charge in [0.1, 0.15) is 5.65 Å². The highest BCUT2D eigenvalue weighted by Crippen LogP contribution is 2.28. The second-order valence-electron chi connectivity index (χ2n) is 5.66. The Morgan fingerprint density at radius 1 is 1.00 bits per heavy atom. The van der Waals surface area contributed by atoms with E-state index in [2.05, 4.69) is 40.8 Å². The van der Waals surface area contributed by atoms with Gasteiger partial charge in [-0.25, -0.2) is 4.98 Å². The lowest BCUT2D eigenvalue weighted by atomic mass is 10.0. The average molecular weight is 297 g/mol. The monoisotopic (exact) mass is 297 g/mol. The molecule has 0 aliphatic heterocycles. The zero-order chi connectivity index (χ0) is 15.8. The van der Waals surface area contributed by atoms with Gasteiger partial charge in [-0.1, -0.05) is 42.5 Å². The SMILES string of the molecule is Cc1cccc2nc(-c3ccc4ccccc4c3)c(CC#N)n12. The molecule has 2 heterocycles. The minimum absolute atomic E-state index is 0.341. The Morgan fingerprint density at radius 3 is 2.65 bits per heavy atom. The third-order valence-electron chi connectivity index (χ3n) is 4.20. The van der Waals surface area contributed by atoms with E-state index < -0.39 is 0 Å². The van der Waals surface area contributed by atoms with Crippen LogP contribution in [-0.4, -0.2) is 9.38 Å². The van der Waals surface area contributed by atoms with Crippen molar-refractivity contribution in [2.45, 2.75) is 13.3 Å². The summed E-state index contributed by atoms with van der Waals surface area (Å²) in [6, 6.07) is 22.9. The van der Waals surface area contributed by atoms with E-state index in [0.29, 0.717) is 6.42 Å². The average Bonchev–Trinajstić information content (AvgIpc) is 2.95. The van der Waals surface area contributed by atoms with Crippen molar-refractivity contribution in [3.8, 4) is 17.3 Å². The predicted octanol–water partition coefficient (Wildman–Crippen LogP) is 4.53. The fourth-order valence-electron chi connectivity index (χ4n) is 3.13. The van der Waals surface area contributed by atoms with Crippen LogP contribution in [0.4, 0.5) is 0 Å². The maximum Gasteiger partial charge on any atom is 0.137 e. The quantitative estimate of drug-likeness (QED) is 0.545. The van der Waals surface area contributed by atoms with Crippen molar-refractivity contribution < 1.29 is 0 Å². The van der Waals surface area contributed by atoms with Crippen LogP contribution in [0.15, 0.2) is 60.7 Å². The van der Waals surface area contributed by atoms with Gasteiger partial charge in [0, 0.05) is 11.3 Å². The molecule has 0 bridgehead atoms. The fraction of sp³-hybridized carbons (Fsp3) is 0.100. The van der Waals surface area contributed by atoms with Crippen molar-refractivity contribution in [2.75, 3.05) is 0 Å². The molecule has 0 aliphatic carbocycles. The number of hydrogen-bond acceptors (Lipinski definition) is 2. The van der Waals surface area contributed by atoms with Gasteiger partial charge in [-0.2, -0.15) is 5.26 Å². The van der Waals surface area contributed by atoms with Crippen LogP contribution in [0.25, 0.3) is 27.7 Å². The number of imidazole rings is 1. The van der Waals surface area contributed by atoms with E-state index >= 15 is 0 Å². The van der Waals surface area contributed by atoms with Crippen LogP contribution in [0.3, 0.4) is 0 Å². The largest absolute Gasteiger partial charge is 0.300 e. The molecule has 0 amide bonds. The number of nitriles is 1. The Balaban J connectivity index is 2.01. The summed E-state index contributed by atoms with van der Waals surface area (Å²) in [6.45, 7) is 2.04. The number of fused-ring (bicyclic) bond motifs is 2. The highest BCUT2D eigenvalue weighted by molar-refractivity contribution is 5.87. The number of aromatic nitrogens is 2. The summed E-state index contributed by atoms with van der Waals surface area (Å²) in [5.74, 6) is 0. The van der Waals surface area contributed by atoms with Gasteiger partial charge < -0.3 is 0 Å². The van der Waals surface area contributed by atoms with E-state index in [9.17, 15) is 5.26 Å². The lowest BCUT2D eigenvalue weighted by Crippen LogP contribution is -1.97. The second-order valence-corrected chi connectivity index (χ2v) is 5.66. The molecule has 0 saturated heterocycles. The summed E-state index contributed by atoms with van der Waals surface area (Å²) in [5.41, 5.74) is 4.88. The van der Waals surface area contributed by atoms with Gasteiger partial charge in [0.15, 0.2) is 0 Å². The Hall–Kier alpha value is -3.12. The fourth-order valence-corrected chi connectivity index (χ4v) is 3.13. The number of hydrogen-bond donors (Lipinski definition) is 0. The minimum Gasteiger partial charge on any atom is -0.300 e. The smallest absolute Gasteiger partial charge is 0.137 e. The Morgan fingerprint density at radius 2 is 1.83 bits per heavy atom. The molecular formula is C20H15N3. The first-order valence-electron chi connectivity index (χ1n) is 7.61. The Kier molecular flexibility index (Phi) is 3.09. The molecule has 4 aromatic rings. The molecule has 0 N–H and O–H groups in total. The molecule has 110 valence electrons. The van der Waals surface area contributed by atoms with E-state index in [-0.39, 0.29) is 0 Å². The normalized spacial score (nSPS) is 11.0. The van der Waals surface area contributed by atoms with Gasteiger partial charge in [-0.05, 0) is 35.9 Å². The zero-order valence-electron chi connectivity index (χ0n) is 12.8. The maximum atomic E-state index is 9.24. The third-order valence-corrected chi connectivity index (χ3v) is 4.20. The van der Waals surface area contributed by atoms with Crippen molar-refractivity contribution in [1.82, 2.24) is 9.38 Å². The molecule has 2 aromatic carbocycles. The van der Waals surface area contributed by atoms with E-state index in [1.54, 1.807) is 0 Å². The van der Waals surface area contributed by atoms with Crippen molar-refractivity contribution in [3.63, 3.8) is 0 Å². The minimum atomic E-state index is 0.341. The van der Waals surface area contributed by atoms with Crippen molar-refractivity contribution in [2.24, 2.45) is 0 Å². The summed E-state index contributed by atoms with van der Waals surface area (Å²) in [7, 11) is 0. The third kappa shape index (κ3) is 2.16. The summed E-state index contributed by atoms with van der Waals surface area (Å²) >= 11 is 0. The Labute approximate surface area is 134 Å². The van der Waals surface area contributed by atoms with Crippen molar-refractivity contribution >= 4 is 16.4 Å². The van der Waals surface area contributed by atoms with Crippen LogP contribution in [0.5, 0.6) is 0 Å². The predicted molar refractivity (Wildman–Crippen MR) is 92.2 cm³/mol. The van der Waals surface area contributed by atoms with Crippen LogP contribution < -0.4 is 0 Å². The van der Waals surface area contributed by atoms with E-state index in [4.69, 9.17) is 4.98 Å². The second kappa shape index (κ2) is 5.26. The molecule has 23 heavy (non-hydrogen) atoms. The van der Waals surface area contributed by atoms with Crippen molar-refractivity contribution in [1.29, 1.82) is 5.26 Å². The van der Waals surface area contributed by atoms with E-state index in [1.165, 1.54) is 10.8 Å². The molecule has 0 aliphatic rings. The summed E-state index contributed by atoms with van der Waals surface area (Å²) in [5, 5.41) is 11.6. The molecule has 0 spiro atoms. The standard InChI is InChI=1S/C20H15N3/c1-14-5-4-8-19-22-20(18(11-12-21)23(14)19)17-10-9-15-6-2-3-7-16(15)13-17/h2-10,13H,11H2,1H3. The highest BCUT2D eigenvalue weighted by atomic mass is 15.0. The number of aryl methyl sites for hydroxylation is 1. The molecular weight excluding hydrogens is 282 g/mol. The number of rotatable bonds is 2. The topological polar surface area (TPSA) is 41.1 Å². The highest BCUT2D eigenvalue weighted by Gasteiger charge is 2.15. The van der Waals surface area contributed by atoms with Gasteiger partial charge in [-0.15, -0.1) is 0 Å². The van der Waals surface area contributed by atoms with Gasteiger partial charge in [0.2, 0.25) is 0 Å². The molecule has 0 fully saturated rings. The van der Waals surface area contributed by atoms with Gasteiger partial charge >= 0.3 is 0 Å². The maximum absolute atomic E-state index is 9.24. The molecule has 0 saturated carbocycles. The Bertz CT molecular complexity index is 1070. The molecule has 0 atom stereocenters. The number of benzene rings is 2. The first-order valence-corrected chi connectivity index (χ1v) is 7.61. The first-order chi connectivity index (χ1) is 11.3. The van der Waals surface area contributed by atoms with E-state index in [0.717, 1.165) is 28.3 Å². The van der Waals surface area contributed by atoms with Gasteiger partial charge in [0.05, 0.1) is 23.9 Å².